The lowest BCUT2D eigenvalue weighted by Gasteiger charge is -2.27. The summed E-state index contributed by atoms with van der Waals surface area (Å²) < 4.78 is 7.33. The van der Waals surface area contributed by atoms with Crippen molar-refractivity contribution >= 4 is 17.1 Å². The van der Waals surface area contributed by atoms with E-state index < -0.39 is 0 Å². The van der Waals surface area contributed by atoms with Crippen LogP contribution in [0.4, 0.5) is 4.79 Å². The van der Waals surface area contributed by atoms with Gasteiger partial charge >= 0.3 is 6.03 Å². The highest BCUT2D eigenvalue weighted by molar-refractivity contribution is 5.77. The van der Waals surface area contributed by atoms with Gasteiger partial charge in [0.25, 0.3) is 0 Å². The molecule has 0 aliphatic rings. The third kappa shape index (κ3) is 4.09. The summed E-state index contributed by atoms with van der Waals surface area (Å²) in [6.07, 6.45) is 1.72. The maximum atomic E-state index is 12.6. The Bertz CT molecular complexity index is 923. The molecule has 7 heteroatoms. The van der Waals surface area contributed by atoms with Gasteiger partial charge in [0.05, 0.1) is 29.4 Å². The number of urea groups is 1. The number of pyridine rings is 1. The van der Waals surface area contributed by atoms with Gasteiger partial charge in [-0.3, -0.25) is 4.98 Å². The molecule has 1 aromatic carbocycles. The number of likely N-dealkylation sites (N-methyl/N-ethyl adjacent to an activating group) is 1. The first kappa shape index (κ1) is 18.8. The SMILES string of the molecule is COCC(c1ccccn1)N(C)C(=O)NCc1ccc2c(c1)nc(C)n2C. The minimum absolute atomic E-state index is 0.181. The van der Waals surface area contributed by atoms with Gasteiger partial charge in [0.15, 0.2) is 0 Å². The minimum Gasteiger partial charge on any atom is -0.382 e. The van der Waals surface area contributed by atoms with Crippen molar-refractivity contribution in [1.29, 1.82) is 0 Å². The van der Waals surface area contributed by atoms with Crippen LogP contribution in [0.15, 0.2) is 42.6 Å². The molecule has 1 atom stereocenters. The lowest BCUT2D eigenvalue weighted by Crippen LogP contribution is -2.41. The van der Waals surface area contributed by atoms with Crippen molar-refractivity contribution in [1.82, 2.24) is 24.8 Å². The number of carbonyl (C=O) groups excluding carboxylic acids is 1. The van der Waals surface area contributed by atoms with Crippen molar-refractivity contribution in [2.24, 2.45) is 7.05 Å². The van der Waals surface area contributed by atoms with Crippen molar-refractivity contribution in [2.45, 2.75) is 19.5 Å². The Kier molecular flexibility index (Phi) is 5.71. The number of aromatic nitrogens is 3. The Balaban J connectivity index is 1.68. The predicted molar refractivity (Wildman–Crippen MR) is 104 cm³/mol. The molecule has 0 bridgehead atoms. The number of fused-ring (bicyclic) bond motifs is 1. The number of benzene rings is 1. The van der Waals surface area contributed by atoms with Gasteiger partial charge in [-0.05, 0) is 36.8 Å². The molecular weight excluding hydrogens is 342 g/mol. The first-order valence-electron chi connectivity index (χ1n) is 8.83. The monoisotopic (exact) mass is 367 g/mol. The fourth-order valence-electron chi connectivity index (χ4n) is 3.05. The minimum atomic E-state index is -0.253. The van der Waals surface area contributed by atoms with E-state index in [0.717, 1.165) is 28.1 Å². The van der Waals surface area contributed by atoms with Crippen molar-refractivity contribution < 1.29 is 9.53 Å². The maximum absolute atomic E-state index is 12.6. The van der Waals surface area contributed by atoms with Crippen LogP contribution in [0.25, 0.3) is 11.0 Å². The summed E-state index contributed by atoms with van der Waals surface area (Å²) in [5, 5.41) is 2.96. The third-order valence-electron chi connectivity index (χ3n) is 4.75. The Hall–Kier alpha value is -2.93. The van der Waals surface area contributed by atoms with E-state index >= 15 is 0 Å². The van der Waals surface area contributed by atoms with E-state index in [1.54, 1.807) is 25.3 Å². The molecule has 1 N–H and O–H groups in total. The topological polar surface area (TPSA) is 72.3 Å². The molecule has 1 unspecified atom stereocenters. The number of rotatable bonds is 6. The van der Waals surface area contributed by atoms with Gasteiger partial charge in [-0.25, -0.2) is 9.78 Å². The Morgan fingerprint density at radius 3 is 2.85 bits per heavy atom. The number of aryl methyl sites for hydroxylation is 2. The predicted octanol–water partition coefficient (Wildman–Crippen LogP) is 2.81. The van der Waals surface area contributed by atoms with Crippen LogP contribution in [-0.2, 0) is 18.3 Å². The van der Waals surface area contributed by atoms with E-state index in [0.29, 0.717) is 13.2 Å². The second kappa shape index (κ2) is 8.18. The first-order valence-corrected chi connectivity index (χ1v) is 8.83. The van der Waals surface area contributed by atoms with Crippen LogP contribution in [0, 0.1) is 6.92 Å². The molecule has 0 spiro atoms. The molecule has 3 rings (SSSR count). The standard InChI is InChI=1S/C20H25N5O2/c1-14-23-17-11-15(8-9-18(17)24(14)2)12-22-20(26)25(3)19(13-27-4)16-7-5-6-10-21-16/h5-11,19H,12-13H2,1-4H3,(H,22,26). The molecule has 2 aromatic heterocycles. The lowest BCUT2D eigenvalue weighted by molar-refractivity contribution is 0.114. The van der Waals surface area contributed by atoms with Gasteiger partial charge in [-0.2, -0.15) is 0 Å². The molecule has 0 fully saturated rings. The average molecular weight is 367 g/mol. The number of methoxy groups -OCH3 is 1. The summed E-state index contributed by atoms with van der Waals surface area (Å²) in [7, 11) is 5.36. The van der Waals surface area contributed by atoms with Gasteiger partial charge < -0.3 is 19.5 Å². The second-order valence-electron chi connectivity index (χ2n) is 6.54. The smallest absolute Gasteiger partial charge is 0.318 e. The largest absolute Gasteiger partial charge is 0.382 e. The molecule has 27 heavy (non-hydrogen) atoms. The number of carbonyl (C=O) groups is 1. The summed E-state index contributed by atoms with van der Waals surface area (Å²) >= 11 is 0. The van der Waals surface area contributed by atoms with Crippen molar-refractivity contribution in [2.75, 3.05) is 20.8 Å². The molecule has 142 valence electrons. The summed E-state index contributed by atoms with van der Waals surface area (Å²) in [5.74, 6) is 0.962. The number of nitrogens with zero attached hydrogens (tertiary/aromatic N) is 4. The summed E-state index contributed by atoms with van der Waals surface area (Å²) in [4.78, 5) is 23.2. The molecule has 3 aromatic rings. The molecule has 0 aliphatic heterocycles. The van der Waals surface area contributed by atoms with Gasteiger partial charge in [0, 0.05) is 33.9 Å². The quantitative estimate of drug-likeness (QED) is 0.727. The van der Waals surface area contributed by atoms with Crippen LogP contribution in [0.2, 0.25) is 0 Å². The van der Waals surface area contributed by atoms with Crippen LogP contribution in [0.3, 0.4) is 0 Å². The highest BCUT2D eigenvalue weighted by Crippen LogP contribution is 2.19. The van der Waals surface area contributed by atoms with Crippen molar-refractivity contribution in [3.8, 4) is 0 Å². The van der Waals surface area contributed by atoms with E-state index in [1.165, 1.54) is 0 Å². The number of nitrogens with one attached hydrogen (secondary N) is 1. The van der Waals surface area contributed by atoms with Crippen LogP contribution < -0.4 is 5.32 Å². The van der Waals surface area contributed by atoms with E-state index in [9.17, 15) is 4.79 Å². The Morgan fingerprint density at radius 2 is 2.15 bits per heavy atom. The molecule has 0 aliphatic carbocycles. The maximum Gasteiger partial charge on any atom is 0.318 e. The molecule has 2 amide bonds. The number of hydrogen-bond acceptors (Lipinski definition) is 4. The highest BCUT2D eigenvalue weighted by Gasteiger charge is 2.22. The number of imidazole rings is 1. The third-order valence-corrected chi connectivity index (χ3v) is 4.75. The van der Waals surface area contributed by atoms with Gasteiger partial charge in [0.2, 0.25) is 0 Å². The average Bonchev–Trinajstić information content (AvgIpc) is 2.97. The first-order chi connectivity index (χ1) is 13.0. The van der Waals surface area contributed by atoms with Crippen molar-refractivity contribution in [3.05, 3.63) is 59.7 Å². The van der Waals surface area contributed by atoms with Crippen LogP contribution in [-0.4, -0.2) is 46.2 Å². The summed E-state index contributed by atoms with van der Waals surface area (Å²) in [6, 6.07) is 11.3. The van der Waals surface area contributed by atoms with Crippen LogP contribution >= 0.6 is 0 Å². The van der Waals surface area contributed by atoms with E-state index in [2.05, 4.69) is 15.3 Å². The number of ether oxygens (including phenoxy) is 1. The molecule has 0 radical (unpaired) electrons. The van der Waals surface area contributed by atoms with Crippen LogP contribution in [0.1, 0.15) is 23.1 Å². The van der Waals surface area contributed by atoms with E-state index in [-0.39, 0.29) is 12.1 Å². The molecule has 0 saturated carbocycles. The van der Waals surface area contributed by atoms with Crippen LogP contribution in [0.5, 0.6) is 0 Å². The fourth-order valence-corrected chi connectivity index (χ4v) is 3.05. The zero-order valence-electron chi connectivity index (χ0n) is 16.1. The molecule has 0 saturated heterocycles. The van der Waals surface area contributed by atoms with E-state index in [1.807, 2.05) is 54.9 Å². The molecule has 7 nitrogen and oxygen atoms in total. The van der Waals surface area contributed by atoms with E-state index in [4.69, 9.17) is 4.74 Å². The van der Waals surface area contributed by atoms with Gasteiger partial charge in [-0.1, -0.05) is 12.1 Å². The van der Waals surface area contributed by atoms with Gasteiger partial charge in [0.1, 0.15) is 5.82 Å². The molecular formula is C20H25N5O2. The highest BCUT2D eigenvalue weighted by atomic mass is 16.5. The van der Waals surface area contributed by atoms with Gasteiger partial charge in [-0.15, -0.1) is 0 Å². The van der Waals surface area contributed by atoms with Crippen molar-refractivity contribution in [3.63, 3.8) is 0 Å². The zero-order chi connectivity index (χ0) is 19.4. The summed E-state index contributed by atoms with van der Waals surface area (Å²) in [6.45, 7) is 2.78. The fraction of sp³-hybridized carbons (Fsp3) is 0.350. The number of amides is 2. The Morgan fingerprint density at radius 1 is 1.33 bits per heavy atom. The Labute approximate surface area is 159 Å². The number of hydrogen-bond donors (Lipinski definition) is 1. The lowest BCUT2D eigenvalue weighted by atomic mass is 10.1. The second-order valence-corrected chi connectivity index (χ2v) is 6.54. The molecule has 2 heterocycles. The normalized spacial score (nSPS) is 12.1. The summed E-state index contributed by atoms with van der Waals surface area (Å²) in [5.41, 5.74) is 3.81. The zero-order valence-corrected chi connectivity index (χ0v) is 16.1.